The zero-order chi connectivity index (χ0) is 12.7. The molecule has 0 aliphatic rings. The molecular weight excluding hydrogens is 260 g/mol. The summed E-state index contributed by atoms with van der Waals surface area (Å²) in [4.78, 5) is 3.71. The third kappa shape index (κ3) is 1.64. The average Bonchev–Trinajstić information content (AvgIpc) is 2.74. The first kappa shape index (κ1) is 11.1. The van der Waals surface area contributed by atoms with Gasteiger partial charge in [-0.25, -0.2) is 13.5 Å². The Bertz CT molecular complexity index is 719. The van der Waals surface area contributed by atoms with Crippen LogP contribution in [0.4, 0.5) is 8.78 Å². The van der Waals surface area contributed by atoms with Crippen molar-refractivity contribution in [2.24, 2.45) is 0 Å². The van der Waals surface area contributed by atoms with Gasteiger partial charge in [-0.2, -0.15) is 5.10 Å². The predicted molar refractivity (Wildman–Crippen MR) is 63.8 cm³/mol. The maximum atomic E-state index is 13.7. The Morgan fingerprint density at radius 3 is 2.67 bits per heavy atom. The van der Waals surface area contributed by atoms with Crippen LogP contribution in [0.5, 0.6) is 0 Å². The highest BCUT2D eigenvalue weighted by atomic mass is 35.5. The number of benzene rings is 1. The van der Waals surface area contributed by atoms with E-state index in [0.717, 1.165) is 6.20 Å². The van der Waals surface area contributed by atoms with Crippen LogP contribution in [-0.2, 0) is 0 Å². The summed E-state index contributed by atoms with van der Waals surface area (Å²) < 4.78 is 28.4. The van der Waals surface area contributed by atoms with E-state index in [1.165, 1.54) is 29.2 Å². The number of hydrogen-bond donors (Lipinski definition) is 0. The largest absolute Gasteiger partial charge is 0.261 e. The smallest absolute Gasteiger partial charge is 0.169 e. The number of para-hydroxylation sites is 1. The fraction of sp³-hybridized carbons (Fsp3) is 0. The van der Waals surface area contributed by atoms with Crippen molar-refractivity contribution in [1.82, 2.24) is 14.8 Å². The molecule has 0 aliphatic carbocycles. The molecule has 0 saturated carbocycles. The van der Waals surface area contributed by atoms with Gasteiger partial charge >= 0.3 is 0 Å². The van der Waals surface area contributed by atoms with Crippen molar-refractivity contribution in [2.45, 2.75) is 0 Å². The molecule has 2 aromatic heterocycles. The minimum absolute atomic E-state index is 0.0924. The Hall–Kier alpha value is -2.01. The van der Waals surface area contributed by atoms with Crippen LogP contribution in [0.2, 0.25) is 5.02 Å². The number of aromatic nitrogens is 3. The molecule has 0 unspecified atom stereocenters. The van der Waals surface area contributed by atoms with Crippen LogP contribution in [0.25, 0.3) is 16.6 Å². The Morgan fingerprint density at radius 2 is 1.94 bits per heavy atom. The number of fused-ring (bicyclic) bond motifs is 1. The Kier molecular flexibility index (Phi) is 2.48. The van der Waals surface area contributed by atoms with Crippen LogP contribution in [0.3, 0.4) is 0 Å². The first-order chi connectivity index (χ1) is 8.66. The molecule has 0 aliphatic heterocycles. The normalized spacial score (nSPS) is 11.1. The minimum atomic E-state index is -0.557. The molecule has 6 heteroatoms. The molecule has 18 heavy (non-hydrogen) atoms. The van der Waals surface area contributed by atoms with Gasteiger partial charge in [-0.1, -0.05) is 17.7 Å². The van der Waals surface area contributed by atoms with Crippen LogP contribution in [0.1, 0.15) is 0 Å². The molecule has 3 nitrogen and oxygen atoms in total. The lowest BCUT2D eigenvalue weighted by atomic mass is 10.3. The molecule has 0 atom stereocenters. The molecule has 0 amide bonds. The summed E-state index contributed by atoms with van der Waals surface area (Å²) in [5.74, 6) is -1.08. The summed E-state index contributed by atoms with van der Waals surface area (Å²) in [5, 5.41) is 4.67. The van der Waals surface area contributed by atoms with Gasteiger partial charge in [0.2, 0.25) is 0 Å². The minimum Gasteiger partial charge on any atom is -0.261 e. The Balaban J connectivity index is 2.30. The van der Waals surface area contributed by atoms with E-state index in [2.05, 4.69) is 10.1 Å². The van der Waals surface area contributed by atoms with Gasteiger partial charge in [-0.3, -0.25) is 4.98 Å². The molecule has 0 bridgehead atoms. The van der Waals surface area contributed by atoms with Gasteiger partial charge < -0.3 is 0 Å². The highest BCUT2D eigenvalue weighted by Crippen LogP contribution is 2.25. The fourth-order valence-corrected chi connectivity index (χ4v) is 1.98. The van der Waals surface area contributed by atoms with Gasteiger partial charge in [0.05, 0.1) is 11.2 Å². The van der Waals surface area contributed by atoms with Crippen molar-refractivity contribution in [2.75, 3.05) is 0 Å². The van der Waals surface area contributed by atoms with Crippen molar-refractivity contribution < 1.29 is 8.78 Å². The van der Waals surface area contributed by atoms with E-state index in [0.29, 0.717) is 5.39 Å². The lowest BCUT2D eigenvalue weighted by Gasteiger charge is -2.04. The monoisotopic (exact) mass is 265 g/mol. The maximum absolute atomic E-state index is 13.7. The van der Waals surface area contributed by atoms with Gasteiger partial charge in [0, 0.05) is 17.8 Å². The van der Waals surface area contributed by atoms with Gasteiger partial charge in [-0.05, 0) is 12.1 Å². The fourth-order valence-electron chi connectivity index (χ4n) is 1.73. The number of hydrogen-bond acceptors (Lipinski definition) is 2. The molecule has 0 spiro atoms. The second kappa shape index (κ2) is 4.03. The van der Waals surface area contributed by atoms with Crippen LogP contribution in [-0.4, -0.2) is 14.8 Å². The van der Waals surface area contributed by atoms with E-state index in [-0.39, 0.29) is 16.2 Å². The zero-order valence-corrected chi connectivity index (χ0v) is 9.70. The third-order valence-corrected chi connectivity index (χ3v) is 2.84. The molecule has 0 fully saturated rings. The molecule has 90 valence electrons. The molecule has 1 aromatic carbocycles. The van der Waals surface area contributed by atoms with Crippen LogP contribution < -0.4 is 0 Å². The lowest BCUT2D eigenvalue weighted by Crippen LogP contribution is -1.99. The number of halogens is 3. The zero-order valence-electron chi connectivity index (χ0n) is 8.94. The maximum Gasteiger partial charge on any atom is 0.169 e. The van der Waals surface area contributed by atoms with E-state index < -0.39 is 11.6 Å². The van der Waals surface area contributed by atoms with E-state index in [1.807, 2.05) is 0 Å². The Labute approximate surface area is 106 Å². The second-order valence-corrected chi connectivity index (χ2v) is 4.11. The van der Waals surface area contributed by atoms with Gasteiger partial charge in [-0.15, -0.1) is 0 Å². The van der Waals surface area contributed by atoms with E-state index in [9.17, 15) is 8.78 Å². The predicted octanol–water partition coefficient (Wildman–Crippen LogP) is 3.35. The highest BCUT2D eigenvalue weighted by molar-refractivity contribution is 6.32. The SMILES string of the molecule is Fc1cccc(Cl)c1-n1cc2cncc(F)c2n1. The number of pyridine rings is 1. The summed E-state index contributed by atoms with van der Waals surface area (Å²) >= 11 is 5.92. The molecule has 2 heterocycles. The van der Waals surface area contributed by atoms with Gasteiger partial charge in [0.15, 0.2) is 5.82 Å². The van der Waals surface area contributed by atoms with Gasteiger partial charge in [0.1, 0.15) is 17.0 Å². The number of nitrogens with zero attached hydrogens (tertiary/aromatic N) is 3. The molecule has 0 saturated heterocycles. The molecule has 3 rings (SSSR count). The van der Waals surface area contributed by atoms with Crippen molar-refractivity contribution in [3.8, 4) is 5.69 Å². The van der Waals surface area contributed by atoms with E-state index >= 15 is 0 Å². The molecule has 0 radical (unpaired) electrons. The van der Waals surface area contributed by atoms with Crippen molar-refractivity contribution >= 4 is 22.5 Å². The second-order valence-electron chi connectivity index (χ2n) is 3.70. The average molecular weight is 266 g/mol. The van der Waals surface area contributed by atoms with Crippen molar-refractivity contribution in [3.63, 3.8) is 0 Å². The van der Waals surface area contributed by atoms with Crippen LogP contribution >= 0.6 is 11.6 Å². The third-order valence-electron chi connectivity index (χ3n) is 2.54. The van der Waals surface area contributed by atoms with E-state index in [1.54, 1.807) is 6.07 Å². The lowest BCUT2D eigenvalue weighted by molar-refractivity contribution is 0.608. The van der Waals surface area contributed by atoms with Crippen LogP contribution in [0, 0.1) is 11.6 Å². The van der Waals surface area contributed by atoms with Crippen LogP contribution in [0.15, 0.2) is 36.8 Å². The summed E-state index contributed by atoms with van der Waals surface area (Å²) in [7, 11) is 0. The standard InChI is InChI=1S/C12H6ClF2N3/c13-8-2-1-3-9(14)12(8)18-6-7-4-16-5-10(15)11(7)17-18/h1-6H. The molecular formula is C12H6ClF2N3. The topological polar surface area (TPSA) is 30.7 Å². The summed E-state index contributed by atoms with van der Waals surface area (Å²) in [6.07, 6.45) is 4.00. The summed E-state index contributed by atoms with van der Waals surface area (Å²) in [6, 6.07) is 4.30. The molecule has 3 aromatic rings. The van der Waals surface area contributed by atoms with Gasteiger partial charge in [0.25, 0.3) is 0 Å². The summed E-state index contributed by atoms with van der Waals surface area (Å²) in [5.41, 5.74) is 0.221. The molecule has 0 N–H and O–H groups in total. The van der Waals surface area contributed by atoms with E-state index in [4.69, 9.17) is 11.6 Å². The number of rotatable bonds is 1. The Morgan fingerprint density at radius 1 is 1.11 bits per heavy atom. The van der Waals surface area contributed by atoms with Crippen molar-refractivity contribution in [1.29, 1.82) is 0 Å². The first-order valence-corrected chi connectivity index (χ1v) is 5.48. The van der Waals surface area contributed by atoms with Crippen molar-refractivity contribution in [3.05, 3.63) is 53.4 Å². The highest BCUT2D eigenvalue weighted by Gasteiger charge is 2.13. The first-order valence-electron chi connectivity index (χ1n) is 5.10. The summed E-state index contributed by atoms with van der Waals surface area (Å²) in [6.45, 7) is 0. The quantitative estimate of drug-likeness (QED) is 0.675.